The van der Waals surface area contributed by atoms with Crippen molar-refractivity contribution in [2.45, 2.75) is 52.0 Å². The van der Waals surface area contributed by atoms with Crippen LogP contribution in [0.3, 0.4) is 0 Å². The molecule has 1 heterocycles. The summed E-state index contributed by atoms with van der Waals surface area (Å²) in [5, 5.41) is 9.76. The van der Waals surface area contributed by atoms with E-state index >= 15 is 0 Å². The lowest BCUT2D eigenvalue weighted by atomic mass is 10.1. The van der Waals surface area contributed by atoms with E-state index in [1.807, 2.05) is 18.2 Å². The van der Waals surface area contributed by atoms with Crippen molar-refractivity contribution in [3.8, 4) is 0 Å². The summed E-state index contributed by atoms with van der Waals surface area (Å²) < 4.78 is 0. The lowest BCUT2D eigenvalue weighted by molar-refractivity contribution is 0.0938. The molecule has 1 atom stereocenters. The normalized spacial score (nSPS) is 14.6. The van der Waals surface area contributed by atoms with Gasteiger partial charge in [0.15, 0.2) is 0 Å². The summed E-state index contributed by atoms with van der Waals surface area (Å²) in [5.74, 6) is 0.0195. The Hall–Kier alpha value is -1.71. The predicted molar refractivity (Wildman–Crippen MR) is 89.1 cm³/mol. The predicted octanol–water partition coefficient (Wildman–Crippen LogP) is 3.61. The standard InChI is InChI=1S/C17H27N3O/c1-3-4-5-6-8-13(2)20-17(21)14-9-7-10-15-16(14)19-12-11-18-15/h7,9-10,13,18-19H,3-6,8,11-12H2,1-2H3,(H,20,21). The maximum atomic E-state index is 12.4. The summed E-state index contributed by atoms with van der Waals surface area (Å²) in [6, 6.07) is 6.05. The maximum absolute atomic E-state index is 12.4. The number of para-hydroxylation sites is 1. The summed E-state index contributed by atoms with van der Waals surface area (Å²) in [7, 11) is 0. The molecule has 4 heteroatoms. The van der Waals surface area contributed by atoms with Crippen LogP contribution in [-0.4, -0.2) is 25.0 Å². The molecule has 1 unspecified atom stereocenters. The van der Waals surface area contributed by atoms with Gasteiger partial charge in [-0.2, -0.15) is 0 Å². The fraction of sp³-hybridized carbons (Fsp3) is 0.588. The van der Waals surface area contributed by atoms with Crippen molar-refractivity contribution in [1.29, 1.82) is 0 Å². The summed E-state index contributed by atoms with van der Waals surface area (Å²) in [5.41, 5.74) is 2.68. The molecule has 0 radical (unpaired) electrons. The Labute approximate surface area is 127 Å². The van der Waals surface area contributed by atoms with Gasteiger partial charge in [-0.05, 0) is 25.5 Å². The van der Waals surface area contributed by atoms with E-state index in [1.165, 1.54) is 25.7 Å². The molecule has 0 bridgehead atoms. The molecular formula is C17H27N3O. The van der Waals surface area contributed by atoms with Gasteiger partial charge in [-0.3, -0.25) is 4.79 Å². The van der Waals surface area contributed by atoms with E-state index in [1.54, 1.807) is 0 Å². The average Bonchev–Trinajstić information content (AvgIpc) is 2.51. The molecule has 1 aromatic carbocycles. The molecule has 0 fully saturated rings. The number of fused-ring (bicyclic) bond motifs is 1. The first-order valence-corrected chi connectivity index (χ1v) is 8.14. The minimum absolute atomic E-state index is 0.0195. The van der Waals surface area contributed by atoms with Gasteiger partial charge < -0.3 is 16.0 Å². The second kappa shape index (κ2) is 7.91. The highest BCUT2D eigenvalue weighted by Crippen LogP contribution is 2.28. The average molecular weight is 289 g/mol. The second-order valence-electron chi connectivity index (χ2n) is 5.81. The monoisotopic (exact) mass is 289 g/mol. The minimum Gasteiger partial charge on any atom is -0.382 e. The molecule has 1 aliphatic rings. The van der Waals surface area contributed by atoms with Crippen LogP contribution in [0.5, 0.6) is 0 Å². The lowest BCUT2D eigenvalue weighted by Crippen LogP contribution is -2.34. The highest BCUT2D eigenvalue weighted by Gasteiger charge is 2.18. The third-order valence-corrected chi connectivity index (χ3v) is 3.92. The van der Waals surface area contributed by atoms with Gasteiger partial charge in [0, 0.05) is 19.1 Å². The zero-order chi connectivity index (χ0) is 15.1. The van der Waals surface area contributed by atoms with Crippen LogP contribution in [-0.2, 0) is 0 Å². The van der Waals surface area contributed by atoms with Crippen LogP contribution >= 0.6 is 0 Å². The van der Waals surface area contributed by atoms with Gasteiger partial charge in [0.25, 0.3) is 5.91 Å². The fourth-order valence-corrected chi connectivity index (χ4v) is 2.71. The molecule has 0 aliphatic carbocycles. The number of carbonyl (C=O) groups excluding carboxylic acids is 1. The number of anilines is 2. The molecule has 116 valence electrons. The summed E-state index contributed by atoms with van der Waals surface area (Å²) in [6.45, 7) is 6.05. The molecule has 1 aromatic rings. The van der Waals surface area contributed by atoms with E-state index in [4.69, 9.17) is 0 Å². The lowest BCUT2D eigenvalue weighted by Gasteiger charge is -2.23. The number of amides is 1. The molecule has 0 aromatic heterocycles. The van der Waals surface area contributed by atoms with Crippen LogP contribution in [0.1, 0.15) is 56.3 Å². The van der Waals surface area contributed by atoms with Gasteiger partial charge >= 0.3 is 0 Å². The third kappa shape index (κ3) is 4.38. The van der Waals surface area contributed by atoms with Crippen molar-refractivity contribution in [3.05, 3.63) is 23.8 Å². The smallest absolute Gasteiger partial charge is 0.253 e. The van der Waals surface area contributed by atoms with Crippen molar-refractivity contribution < 1.29 is 4.79 Å². The summed E-state index contributed by atoms with van der Waals surface area (Å²) >= 11 is 0. The van der Waals surface area contributed by atoms with Gasteiger partial charge in [0.1, 0.15) is 0 Å². The molecule has 0 spiro atoms. The molecule has 1 amide bonds. The van der Waals surface area contributed by atoms with Crippen molar-refractivity contribution in [2.24, 2.45) is 0 Å². The highest BCUT2D eigenvalue weighted by atomic mass is 16.1. The van der Waals surface area contributed by atoms with Crippen molar-refractivity contribution in [3.63, 3.8) is 0 Å². The van der Waals surface area contributed by atoms with Gasteiger partial charge in [0.05, 0.1) is 16.9 Å². The van der Waals surface area contributed by atoms with Crippen LogP contribution in [0.15, 0.2) is 18.2 Å². The van der Waals surface area contributed by atoms with E-state index in [2.05, 4.69) is 29.8 Å². The molecule has 4 nitrogen and oxygen atoms in total. The number of nitrogens with one attached hydrogen (secondary N) is 3. The second-order valence-corrected chi connectivity index (χ2v) is 5.81. The van der Waals surface area contributed by atoms with Gasteiger partial charge in [-0.15, -0.1) is 0 Å². The van der Waals surface area contributed by atoms with Crippen LogP contribution in [0.25, 0.3) is 0 Å². The minimum atomic E-state index is 0.0195. The Morgan fingerprint density at radius 3 is 2.86 bits per heavy atom. The zero-order valence-corrected chi connectivity index (χ0v) is 13.2. The number of rotatable bonds is 7. The third-order valence-electron chi connectivity index (χ3n) is 3.92. The maximum Gasteiger partial charge on any atom is 0.253 e. The molecule has 3 N–H and O–H groups in total. The SMILES string of the molecule is CCCCCCC(C)NC(=O)c1cccc2c1NCCN2. The van der Waals surface area contributed by atoms with Crippen LogP contribution in [0.2, 0.25) is 0 Å². The number of hydrogen-bond acceptors (Lipinski definition) is 3. The van der Waals surface area contributed by atoms with Crippen LogP contribution in [0, 0.1) is 0 Å². The highest BCUT2D eigenvalue weighted by molar-refractivity contribution is 6.02. The fourth-order valence-electron chi connectivity index (χ4n) is 2.71. The van der Waals surface area contributed by atoms with Crippen LogP contribution in [0.4, 0.5) is 11.4 Å². The summed E-state index contributed by atoms with van der Waals surface area (Å²) in [4.78, 5) is 12.4. The molecule has 0 saturated carbocycles. The van der Waals surface area contributed by atoms with Crippen molar-refractivity contribution in [1.82, 2.24) is 5.32 Å². The van der Waals surface area contributed by atoms with E-state index in [0.29, 0.717) is 0 Å². The number of hydrogen-bond donors (Lipinski definition) is 3. The van der Waals surface area contributed by atoms with E-state index in [9.17, 15) is 4.79 Å². The quantitative estimate of drug-likeness (QED) is 0.672. The summed E-state index contributed by atoms with van der Waals surface area (Å²) in [6.07, 6.45) is 6.01. The molecule has 1 aliphatic heterocycles. The van der Waals surface area contributed by atoms with Gasteiger partial charge in [0.2, 0.25) is 0 Å². The topological polar surface area (TPSA) is 53.2 Å². The van der Waals surface area contributed by atoms with E-state index in [0.717, 1.165) is 36.4 Å². The van der Waals surface area contributed by atoms with Crippen molar-refractivity contribution >= 4 is 17.3 Å². The zero-order valence-electron chi connectivity index (χ0n) is 13.2. The van der Waals surface area contributed by atoms with Crippen molar-refractivity contribution in [2.75, 3.05) is 23.7 Å². The molecule has 0 saturated heterocycles. The van der Waals surface area contributed by atoms with Gasteiger partial charge in [-0.25, -0.2) is 0 Å². The molecule has 21 heavy (non-hydrogen) atoms. The first-order valence-electron chi connectivity index (χ1n) is 8.14. The van der Waals surface area contributed by atoms with Gasteiger partial charge in [-0.1, -0.05) is 38.7 Å². The Morgan fingerprint density at radius 1 is 1.24 bits per heavy atom. The number of benzene rings is 1. The first kappa shape index (κ1) is 15.7. The van der Waals surface area contributed by atoms with E-state index < -0.39 is 0 Å². The Balaban J connectivity index is 1.91. The molecule has 2 rings (SSSR count). The Morgan fingerprint density at radius 2 is 2.05 bits per heavy atom. The van der Waals surface area contributed by atoms with Crippen LogP contribution < -0.4 is 16.0 Å². The largest absolute Gasteiger partial charge is 0.382 e. The Bertz CT molecular complexity index is 473. The number of carbonyl (C=O) groups is 1. The molecular weight excluding hydrogens is 262 g/mol. The number of unbranched alkanes of at least 4 members (excludes halogenated alkanes) is 3. The first-order chi connectivity index (χ1) is 10.2. The Kier molecular flexibility index (Phi) is 5.90. The van der Waals surface area contributed by atoms with E-state index in [-0.39, 0.29) is 11.9 Å².